The van der Waals surface area contributed by atoms with Gasteiger partial charge in [-0.05, 0) is 11.4 Å². The molecule has 2 unspecified atom stereocenters. The highest BCUT2D eigenvalue weighted by Gasteiger charge is 2.44. The van der Waals surface area contributed by atoms with E-state index in [0.29, 0.717) is 0 Å². The Bertz CT molecular complexity index is 278. The van der Waals surface area contributed by atoms with Crippen molar-refractivity contribution in [2.45, 2.75) is 44.3 Å². The predicted molar refractivity (Wildman–Crippen MR) is 55.5 cm³/mol. The summed E-state index contributed by atoms with van der Waals surface area (Å²) in [4.78, 5) is 2.58. The van der Waals surface area contributed by atoms with E-state index in [-0.39, 0.29) is 12.5 Å². The third-order valence-corrected chi connectivity index (χ3v) is 2.77. The van der Waals surface area contributed by atoms with E-state index in [4.69, 9.17) is 15.4 Å². The Hall–Kier alpha value is -0.850. The molecular formula is C9H17N3O4. The maximum Gasteiger partial charge on any atom is 0.107 e. The normalized spacial score (nSPS) is 39.5. The molecule has 1 rings (SSSR count). The van der Waals surface area contributed by atoms with Crippen LogP contribution in [0.15, 0.2) is 5.11 Å². The maximum atomic E-state index is 9.78. The zero-order valence-electron chi connectivity index (χ0n) is 9.26. The second kappa shape index (κ2) is 5.47. The minimum Gasteiger partial charge on any atom is -0.394 e. The zero-order chi connectivity index (χ0) is 12.3. The van der Waals surface area contributed by atoms with E-state index in [2.05, 4.69) is 10.0 Å². The van der Waals surface area contributed by atoms with Crippen molar-refractivity contribution in [3.63, 3.8) is 0 Å². The lowest BCUT2D eigenvalue weighted by atomic mass is 9.88. The average molecular weight is 231 g/mol. The van der Waals surface area contributed by atoms with E-state index < -0.39 is 30.5 Å². The molecule has 3 N–H and O–H groups in total. The minimum atomic E-state index is -1.21. The Kier molecular flexibility index (Phi) is 4.52. The van der Waals surface area contributed by atoms with Crippen LogP contribution in [0.2, 0.25) is 0 Å². The lowest BCUT2D eigenvalue weighted by Crippen LogP contribution is -2.59. The van der Waals surface area contributed by atoms with Gasteiger partial charge in [0.2, 0.25) is 0 Å². The minimum absolute atomic E-state index is 0.00860. The first kappa shape index (κ1) is 13.2. The molecule has 0 aromatic carbocycles. The summed E-state index contributed by atoms with van der Waals surface area (Å²) in [5.41, 5.74) is 8.34. The summed E-state index contributed by atoms with van der Waals surface area (Å²) in [6, 6.07) is -0.958. The number of azide groups is 1. The maximum absolute atomic E-state index is 9.78. The smallest absolute Gasteiger partial charge is 0.107 e. The SMILES string of the molecule is CC(C)[C@@H]1OC(CO)[C@H](N=[N+]=[N-])C(O)[C@H]1O. The van der Waals surface area contributed by atoms with Crippen molar-refractivity contribution in [1.29, 1.82) is 0 Å². The highest BCUT2D eigenvalue weighted by atomic mass is 16.5. The summed E-state index contributed by atoms with van der Waals surface area (Å²) in [6.07, 6.45) is -3.67. The Morgan fingerprint density at radius 3 is 2.44 bits per heavy atom. The van der Waals surface area contributed by atoms with E-state index in [9.17, 15) is 10.2 Å². The third-order valence-electron chi connectivity index (χ3n) is 2.77. The number of nitrogens with zero attached hydrogens (tertiary/aromatic N) is 3. The fourth-order valence-electron chi connectivity index (χ4n) is 1.88. The van der Waals surface area contributed by atoms with Gasteiger partial charge in [-0.1, -0.05) is 19.0 Å². The molecule has 5 atom stereocenters. The van der Waals surface area contributed by atoms with Crippen molar-refractivity contribution in [2.75, 3.05) is 6.61 Å². The van der Waals surface area contributed by atoms with E-state index >= 15 is 0 Å². The van der Waals surface area contributed by atoms with Crippen molar-refractivity contribution in [1.82, 2.24) is 0 Å². The topological polar surface area (TPSA) is 119 Å². The number of aliphatic hydroxyl groups is 3. The molecule has 1 heterocycles. The summed E-state index contributed by atoms with van der Waals surface area (Å²) in [5.74, 6) is -0.00860. The van der Waals surface area contributed by atoms with Crippen LogP contribution in [0.3, 0.4) is 0 Å². The standard InChI is InChI=1S/C9H17N3O4/c1-4(2)9-8(15)7(14)6(11-12-10)5(3-13)16-9/h4-9,13-15H,3H2,1-2H3/t5?,6-,7?,8+,9-/m0/s1. The molecule has 0 bridgehead atoms. The van der Waals surface area contributed by atoms with Gasteiger partial charge in [-0.3, -0.25) is 0 Å². The summed E-state index contributed by atoms with van der Waals surface area (Å²) >= 11 is 0. The van der Waals surface area contributed by atoms with Crippen LogP contribution in [-0.4, -0.2) is 52.4 Å². The lowest BCUT2D eigenvalue weighted by molar-refractivity contribution is -0.198. The number of rotatable bonds is 3. The molecule has 1 aliphatic rings. The van der Waals surface area contributed by atoms with Crippen molar-refractivity contribution in [3.8, 4) is 0 Å². The van der Waals surface area contributed by atoms with Gasteiger partial charge >= 0.3 is 0 Å². The fraction of sp³-hybridized carbons (Fsp3) is 1.00. The van der Waals surface area contributed by atoms with Gasteiger partial charge in [-0.15, -0.1) is 0 Å². The van der Waals surface area contributed by atoms with Crippen LogP contribution >= 0.6 is 0 Å². The first-order chi connectivity index (χ1) is 7.52. The van der Waals surface area contributed by atoms with Crippen molar-refractivity contribution in [2.24, 2.45) is 11.0 Å². The first-order valence-corrected chi connectivity index (χ1v) is 5.19. The van der Waals surface area contributed by atoms with E-state index in [1.54, 1.807) is 0 Å². The van der Waals surface area contributed by atoms with E-state index in [1.807, 2.05) is 13.8 Å². The van der Waals surface area contributed by atoms with Gasteiger partial charge in [0.1, 0.15) is 6.10 Å². The number of hydrogen-bond acceptors (Lipinski definition) is 5. The molecule has 92 valence electrons. The molecule has 0 spiro atoms. The van der Waals surface area contributed by atoms with Crippen molar-refractivity contribution < 1.29 is 20.1 Å². The molecule has 0 aromatic rings. The molecule has 7 nitrogen and oxygen atoms in total. The molecule has 0 amide bonds. The second-order valence-electron chi connectivity index (χ2n) is 4.24. The predicted octanol–water partition coefficient (Wildman–Crippen LogP) is -0.197. The van der Waals surface area contributed by atoms with Gasteiger partial charge in [0, 0.05) is 4.91 Å². The highest BCUT2D eigenvalue weighted by Crippen LogP contribution is 2.27. The molecule has 0 radical (unpaired) electrons. The Morgan fingerprint density at radius 1 is 1.38 bits per heavy atom. The highest BCUT2D eigenvalue weighted by molar-refractivity contribution is 4.97. The van der Waals surface area contributed by atoms with Crippen LogP contribution in [0.25, 0.3) is 10.4 Å². The molecule has 1 aliphatic heterocycles. The first-order valence-electron chi connectivity index (χ1n) is 5.19. The number of ether oxygens (including phenoxy) is 1. The molecule has 0 aliphatic carbocycles. The largest absolute Gasteiger partial charge is 0.394 e. The Balaban J connectivity index is 2.89. The van der Waals surface area contributed by atoms with E-state index in [1.165, 1.54) is 0 Å². The van der Waals surface area contributed by atoms with Gasteiger partial charge in [-0.2, -0.15) is 0 Å². The summed E-state index contributed by atoms with van der Waals surface area (Å²) in [5, 5.41) is 32.0. The van der Waals surface area contributed by atoms with Crippen molar-refractivity contribution in [3.05, 3.63) is 10.4 Å². The van der Waals surface area contributed by atoms with Gasteiger partial charge in [0.05, 0.1) is 31.0 Å². The number of aliphatic hydroxyl groups excluding tert-OH is 3. The van der Waals surface area contributed by atoms with Gasteiger partial charge in [0.25, 0.3) is 0 Å². The summed E-state index contributed by atoms with van der Waals surface area (Å²) in [7, 11) is 0. The van der Waals surface area contributed by atoms with Crippen LogP contribution in [0.1, 0.15) is 13.8 Å². The molecule has 0 aromatic heterocycles. The van der Waals surface area contributed by atoms with Gasteiger partial charge in [-0.25, -0.2) is 0 Å². The zero-order valence-corrected chi connectivity index (χ0v) is 9.26. The second-order valence-corrected chi connectivity index (χ2v) is 4.24. The van der Waals surface area contributed by atoms with Crippen LogP contribution in [0, 0.1) is 5.92 Å². The molecule has 0 saturated carbocycles. The van der Waals surface area contributed by atoms with Crippen LogP contribution in [0.5, 0.6) is 0 Å². The molecule has 1 fully saturated rings. The Labute approximate surface area is 93.3 Å². The number of hydrogen-bond donors (Lipinski definition) is 3. The van der Waals surface area contributed by atoms with Crippen LogP contribution in [-0.2, 0) is 4.74 Å². The summed E-state index contributed by atoms with van der Waals surface area (Å²) < 4.78 is 5.42. The van der Waals surface area contributed by atoms with E-state index in [0.717, 1.165) is 0 Å². The van der Waals surface area contributed by atoms with Crippen LogP contribution < -0.4 is 0 Å². The fourth-order valence-corrected chi connectivity index (χ4v) is 1.88. The average Bonchev–Trinajstić information content (AvgIpc) is 2.25. The Morgan fingerprint density at radius 2 is 2.00 bits per heavy atom. The third kappa shape index (κ3) is 2.45. The summed E-state index contributed by atoms with van der Waals surface area (Å²) in [6.45, 7) is 3.31. The van der Waals surface area contributed by atoms with Gasteiger partial charge in [0.15, 0.2) is 0 Å². The van der Waals surface area contributed by atoms with Crippen molar-refractivity contribution >= 4 is 0 Å². The molecule has 1 saturated heterocycles. The molecular weight excluding hydrogens is 214 g/mol. The van der Waals surface area contributed by atoms with Crippen LogP contribution in [0.4, 0.5) is 0 Å². The monoisotopic (exact) mass is 231 g/mol. The quantitative estimate of drug-likeness (QED) is 0.354. The molecule has 16 heavy (non-hydrogen) atoms. The van der Waals surface area contributed by atoms with Gasteiger partial charge < -0.3 is 20.1 Å². The molecule has 7 heteroatoms. The lowest BCUT2D eigenvalue weighted by Gasteiger charge is -2.42.